The fourth-order valence-electron chi connectivity index (χ4n) is 4.83. The Morgan fingerprint density at radius 3 is 2.53 bits per heavy atom. The van der Waals surface area contributed by atoms with Gasteiger partial charge in [0.25, 0.3) is 0 Å². The highest BCUT2D eigenvalue weighted by Gasteiger charge is 2.28. The lowest BCUT2D eigenvalue weighted by molar-refractivity contribution is -0.118. The number of anilines is 1. The van der Waals surface area contributed by atoms with Crippen LogP contribution in [0.15, 0.2) is 51.7 Å². The summed E-state index contributed by atoms with van der Waals surface area (Å²) in [7, 11) is 0. The van der Waals surface area contributed by atoms with E-state index in [-0.39, 0.29) is 13.2 Å². The van der Waals surface area contributed by atoms with Gasteiger partial charge in [-0.3, -0.25) is 4.79 Å². The van der Waals surface area contributed by atoms with Crippen LogP contribution in [0.3, 0.4) is 0 Å². The maximum absolute atomic E-state index is 12.9. The second kappa shape index (κ2) is 9.21. The van der Waals surface area contributed by atoms with Crippen LogP contribution in [0.1, 0.15) is 22.3 Å². The minimum Gasteiger partial charge on any atom is -0.445 e. The maximum atomic E-state index is 12.9. The number of benzene rings is 2. The molecule has 2 aromatic carbocycles. The molecule has 0 bridgehead atoms. The average molecular weight is 462 g/mol. The first-order valence-electron chi connectivity index (χ1n) is 11.5. The van der Waals surface area contributed by atoms with Crippen molar-refractivity contribution in [3.63, 3.8) is 0 Å². The normalized spacial score (nSPS) is 15.9. The molecule has 1 aromatic heterocycles. The molecule has 8 heteroatoms. The van der Waals surface area contributed by atoms with Gasteiger partial charge in [0.15, 0.2) is 0 Å². The number of carbonyl (C=O) groups is 2. The molecule has 0 unspecified atom stereocenters. The van der Waals surface area contributed by atoms with Crippen molar-refractivity contribution in [2.24, 2.45) is 0 Å². The van der Waals surface area contributed by atoms with Gasteiger partial charge in [-0.1, -0.05) is 30.3 Å². The lowest BCUT2D eigenvalue weighted by Gasteiger charge is -2.35. The van der Waals surface area contributed by atoms with Gasteiger partial charge in [-0.05, 0) is 36.6 Å². The van der Waals surface area contributed by atoms with Crippen molar-refractivity contribution in [2.45, 2.75) is 26.5 Å². The van der Waals surface area contributed by atoms with Gasteiger partial charge in [0, 0.05) is 49.4 Å². The Labute approximate surface area is 197 Å². The molecule has 1 saturated heterocycles. The van der Waals surface area contributed by atoms with Gasteiger partial charge in [0.1, 0.15) is 12.2 Å². The molecule has 3 heterocycles. The fourth-order valence-corrected chi connectivity index (χ4v) is 4.83. The van der Waals surface area contributed by atoms with Gasteiger partial charge in [0.2, 0.25) is 6.41 Å². The number of nitrogens with zero attached hydrogens (tertiary/aromatic N) is 3. The van der Waals surface area contributed by atoms with E-state index in [1.54, 1.807) is 9.80 Å². The summed E-state index contributed by atoms with van der Waals surface area (Å²) in [5.41, 5.74) is 4.50. The quantitative estimate of drug-likeness (QED) is 0.439. The molecular formula is C26H27N3O5. The third-order valence-electron chi connectivity index (χ3n) is 6.76. The van der Waals surface area contributed by atoms with Crippen molar-refractivity contribution in [3.05, 3.63) is 75.1 Å². The monoisotopic (exact) mass is 461 g/mol. The van der Waals surface area contributed by atoms with Crippen molar-refractivity contribution in [1.82, 2.24) is 9.80 Å². The lowest BCUT2D eigenvalue weighted by Crippen LogP contribution is -2.46. The predicted octanol–water partition coefficient (Wildman–Crippen LogP) is 3.07. The topological polar surface area (TPSA) is 83.3 Å². The summed E-state index contributed by atoms with van der Waals surface area (Å²) in [4.78, 5) is 42.1. The molecule has 2 aliphatic rings. The molecule has 0 atom stereocenters. The van der Waals surface area contributed by atoms with Gasteiger partial charge in [-0.25, -0.2) is 9.59 Å². The van der Waals surface area contributed by atoms with Crippen LogP contribution in [-0.4, -0.2) is 55.0 Å². The van der Waals surface area contributed by atoms with Gasteiger partial charge >= 0.3 is 11.7 Å². The van der Waals surface area contributed by atoms with E-state index in [1.165, 1.54) is 0 Å². The van der Waals surface area contributed by atoms with Gasteiger partial charge in [0.05, 0.1) is 12.1 Å². The van der Waals surface area contributed by atoms with Crippen LogP contribution in [0.25, 0.3) is 11.0 Å². The summed E-state index contributed by atoms with van der Waals surface area (Å²) in [5, 5.41) is 0.916. The molecule has 2 amide bonds. The summed E-state index contributed by atoms with van der Waals surface area (Å²) in [6.45, 7) is 5.63. The number of rotatable bonds is 4. The number of piperazine rings is 1. The first-order chi connectivity index (χ1) is 16.5. The number of hydrogen-bond donors (Lipinski definition) is 0. The summed E-state index contributed by atoms with van der Waals surface area (Å²) >= 11 is 0. The van der Waals surface area contributed by atoms with Crippen LogP contribution in [0, 0.1) is 6.92 Å². The number of amides is 2. The van der Waals surface area contributed by atoms with E-state index >= 15 is 0 Å². The van der Waals surface area contributed by atoms with Crippen molar-refractivity contribution < 1.29 is 18.7 Å². The highest BCUT2D eigenvalue weighted by molar-refractivity contribution is 5.89. The molecule has 5 rings (SSSR count). The van der Waals surface area contributed by atoms with Crippen molar-refractivity contribution in [2.75, 3.05) is 37.6 Å². The third kappa shape index (κ3) is 4.11. The Morgan fingerprint density at radius 1 is 1.03 bits per heavy atom. The SMILES string of the molecule is Cc1c(N2CCN(C=O)CC2)ccc2c3c(c(=O)oc12)CN(C(=O)OCc1ccccc1)CC3. The fraction of sp³-hybridized carbons (Fsp3) is 0.346. The standard InChI is InChI=1S/C26H27N3O5/c1-18-23(28-13-11-27(17-30)12-14-28)8-7-21-20-9-10-29(15-22(20)25(31)34-24(18)21)26(32)33-16-19-5-3-2-4-6-19/h2-8,17H,9-16H2,1H3. The van der Waals surface area contributed by atoms with Gasteiger partial charge < -0.3 is 23.9 Å². The summed E-state index contributed by atoms with van der Waals surface area (Å²) in [6.07, 6.45) is 1.01. The summed E-state index contributed by atoms with van der Waals surface area (Å²) in [5.74, 6) is 0. The van der Waals surface area contributed by atoms with Crippen LogP contribution in [-0.2, 0) is 29.1 Å². The average Bonchev–Trinajstić information content (AvgIpc) is 2.88. The van der Waals surface area contributed by atoms with E-state index in [1.807, 2.05) is 43.3 Å². The van der Waals surface area contributed by atoms with Crippen LogP contribution >= 0.6 is 0 Å². The van der Waals surface area contributed by atoms with E-state index in [9.17, 15) is 14.4 Å². The van der Waals surface area contributed by atoms with E-state index in [2.05, 4.69) is 11.0 Å². The number of ether oxygens (including phenoxy) is 1. The van der Waals surface area contributed by atoms with E-state index in [4.69, 9.17) is 9.15 Å². The van der Waals surface area contributed by atoms with Gasteiger partial charge in [-0.2, -0.15) is 0 Å². The largest absolute Gasteiger partial charge is 0.445 e. The van der Waals surface area contributed by atoms with Crippen molar-refractivity contribution in [1.29, 1.82) is 0 Å². The number of carbonyl (C=O) groups excluding carboxylic acids is 2. The molecule has 2 aliphatic heterocycles. The van der Waals surface area contributed by atoms with E-state index in [0.717, 1.165) is 47.3 Å². The second-order valence-electron chi connectivity index (χ2n) is 8.77. The first-order valence-corrected chi connectivity index (χ1v) is 11.5. The highest BCUT2D eigenvalue weighted by atomic mass is 16.6. The molecule has 0 spiro atoms. The molecular weight excluding hydrogens is 434 g/mol. The number of fused-ring (bicyclic) bond motifs is 3. The molecule has 0 N–H and O–H groups in total. The first kappa shape index (κ1) is 22.0. The minimum atomic E-state index is -0.435. The Morgan fingerprint density at radius 2 is 1.79 bits per heavy atom. The summed E-state index contributed by atoms with van der Waals surface area (Å²) in [6, 6.07) is 13.6. The zero-order valence-electron chi connectivity index (χ0n) is 19.2. The smallest absolute Gasteiger partial charge is 0.410 e. The number of hydrogen-bond acceptors (Lipinski definition) is 6. The summed E-state index contributed by atoms with van der Waals surface area (Å²) < 4.78 is 11.2. The Kier molecular flexibility index (Phi) is 5.96. The molecule has 176 valence electrons. The Hall–Kier alpha value is -3.81. The molecule has 1 fully saturated rings. The Balaban J connectivity index is 1.37. The molecule has 0 saturated carbocycles. The Bertz CT molecular complexity index is 1280. The third-order valence-corrected chi connectivity index (χ3v) is 6.76. The zero-order chi connectivity index (χ0) is 23.7. The van der Waals surface area contributed by atoms with Crippen LogP contribution in [0.4, 0.5) is 10.5 Å². The zero-order valence-corrected chi connectivity index (χ0v) is 19.2. The maximum Gasteiger partial charge on any atom is 0.410 e. The van der Waals surface area contributed by atoms with Crippen molar-refractivity contribution in [3.8, 4) is 0 Å². The van der Waals surface area contributed by atoms with Crippen LogP contribution in [0.5, 0.6) is 0 Å². The van der Waals surface area contributed by atoms with Crippen LogP contribution in [0.2, 0.25) is 0 Å². The van der Waals surface area contributed by atoms with Crippen molar-refractivity contribution >= 4 is 29.2 Å². The minimum absolute atomic E-state index is 0.176. The van der Waals surface area contributed by atoms with E-state index < -0.39 is 11.7 Å². The second-order valence-corrected chi connectivity index (χ2v) is 8.77. The molecule has 8 nitrogen and oxygen atoms in total. The van der Waals surface area contributed by atoms with Crippen LogP contribution < -0.4 is 10.5 Å². The lowest BCUT2D eigenvalue weighted by atomic mass is 9.96. The van der Waals surface area contributed by atoms with Gasteiger partial charge in [-0.15, -0.1) is 0 Å². The molecule has 0 aliphatic carbocycles. The molecule has 34 heavy (non-hydrogen) atoms. The predicted molar refractivity (Wildman–Crippen MR) is 128 cm³/mol. The molecule has 3 aromatic rings. The molecule has 0 radical (unpaired) electrons. The van der Waals surface area contributed by atoms with E-state index in [0.29, 0.717) is 37.2 Å². The number of aryl methyl sites for hydroxylation is 1. The highest BCUT2D eigenvalue weighted by Crippen LogP contribution is 2.33.